The minimum atomic E-state index is -0.0493. The summed E-state index contributed by atoms with van der Waals surface area (Å²) >= 11 is 0. The fourth-order valence-electron chi connectivity index (χ4n) is 2.50. The van der Waals surface area contributed by atoms with Gasteiger partial charge in [-0.25, -0.2) is 9.67 Å². The molecule has 1 aliphatic rings. The number of nitrogens with one attached hydrogen (secondary N) is 1. The molecule has 1 amide bonds. The first-order chi connectivity index (χ1) is 10.0. The van der Waals surface area contributed by atoms with Gasteiger partial charge in [-0.2, -0.15) is 5.10 Å². The molecule has 112 valence electrons. The predicted octanol–water partition coefficient (Wildman–Crippen LogP) is 2.08. The Labute approximate surface area is 123 Å². The normalized spacial score (nSPS) is 16.4. The number of nitrogens with two attached hydrogens (primary N) is 1. The number of hydrogen-bond acceptors (Lipinski definition) is 4. The minimum absolute atomic E-state index is 0.0228. The van der Waals surface area contributed by atoms with Gasteiger partial charge in [0.05, 0.1) is 18.1 Å². The van der Waals surface area contributed by atoms with Crippen LogP contribution in [0.4, 0.5) is 5.69 Å². The second-order valence-electron chi connectivity index (χ2n) is 6.07. The van der Waals surface area contributed by atoms with E-state index in [-0.39, 0.29) is 18.0 Å². The van der Waals surface area contributed by atoms with E-state index in [1.54, 1.807) is 12.4 Å². The van der Waals surface area contributed by atoms with Crippen LogP contribution in [0.1, 0.15) is 39.2 Å². The van der Waals surface area contributed by atoms with Gasteiger partial charge in [-0.1, -0.05) is 0 Å². The van der Waals surface area contributed by atoms with Crippen molar-refractivity contribution in [2.45, 2.75) is 45.2 Å². The Morgan fingerprint density at radius 1 is 1.48 bits per heavy atom. The van der Waals surface area contributed by atoms with E-state index in [9.17, 15) is 4.79 Å². The molecule has 0 radical (unpaired) electrons. The second-order valence-corrected chi connectivity index (χ2v) is 6.07. The Morgan fingerprint density at radius 2 is 2.24 bits per heavy atom. The van der Waals surface area contributed by atoms with Crippen molar-refractivity contribution in [3.8, 4) is 0 Å². The monoisotopic (exact) mass is 287 g/mol. The van der Waals surface area contributed by atoms with Gasteiger partial charge in [-0.15, -0.1) is 0 Å². The van der Waals surface area contributed by atoms with Gasteiger partial charge in [0, 0.05) is 23.9 Å². The number of fused-ring (bicyclic) bond motifs is 1. The van der Waals surface area contributed by atoms with Crippen LogP contribution >= 0.6 is 0 Å². The van der Waals surface area contributed by atoms with Gasteiger partial charge in [-0.3, -0.25) is 4.79 Å². The lowest BCUT2D eigenvalue weighted by atomic mass is 10.1. The molecule has 2 aromatic rings. The molecule has 21 heavy (non-hydrogen) atoms. The molecular weight excluding hydrogens is 266 g/mol. The number of carbonyl (C=O) groups is 1. The Bertz CT molecular complexity index is 659. The number of hydrogen-bond donors (Lipinski definition) is 2. The van der Waals surface area contributed by atoms with Crippen LogP contribution in [-0.4, -0.2) is 26.7 Å². The van der Waals surface area contributed by atoms with Gasteiger partial charge in [-0.05, 0) is 38.7 Å². The lowest BCUT2D eigenvalue weighted by Crippen LogP contribution is -2.28. The molecule has 2 aromatic heterocycles. The van der Waals surface area contributed by atoms with Crippen molar-refractivity contribution in [3.05, 3.63) is 18.5 Å². The number of aromatic nitrogens is 3. The molecule has 0 spiro atoms. The molecule has 1 fully saturated rings. The Kier molecular flexibility index (Phi) is 3.63. The van der Waals surface area contributed by atoms with Crippen LogP contribution in [0, 0.1) is 5.92 Å². The molecule has 2 heterocycles. The largest absolute Gasteiger partial charge is 0.327 e. The topological polar surface area (TPSA) is 85.8 Å². The summed E-state index contributed by atoms with van der Waals surface area (Å²) in [6, 6.07) is 2.13. The van der Waals surface area contributed by atoms with E-state index >= 15 is 0 Å². The summed E-state index contributed by atoms with van der Waals surface area (Å²) < 4.78 is 1.87. The first kappa shape index (κ1) is 14.0. The van der Waals surface area contributed by atoms with Gasteiger partial charge in [0.25, 0.3) is 0 Å². The number of carbonyl (C=O) groups excluding carboxylic acids is 1. The summed E-state index contributed by atoms with van der Waals surface area (Å²) in [5, 5.41) is 8.11. The Morgan fingerprint density at radius 3 is 2.90 bits per heavy atom. The molecular formula is C15H21N5O. The molecule has 1 aliphatic carbocycles. The van der Waals surface area contributed by atoms with Gasteiger partial charge in [0.15, 0.2) is 5.65 Å². The van der Waals surface area contributed by atoms with Crippen molar-refractivity contribution in [2.24, 2.45) is 11.7 Å². The van der Waals surface area contributed by atoms with E-state index in [0.29, 0.717) is 18.0 Å². The highest BCUT2D eigenvalue weighted by Gasteiger charge is 2.29. The molecule has 3 N–H and O–H groups in total. The fraction of sp³-hybridized carbons (Fsp3) is 0.533. The van der Waals surface area contributed by atoms with Crippen molar-refractivity contribution in [1.29, 1.82) is 0 Å². The first-order valence-electron chi connectivity index (χ1n) is 7.43. The molecule has 1 atom stereocenters. The van der Waals surface area contributed by atoms with E-state index in [1.807, 2.05) is 10.7 Å². The van der Waals surface area contributed by atoms with Crippen LogP contribution in [0.2, 0.25) is 0 Å². The third-order valence-electron chi connectivity index (χ3n) is 3.85. The maximum atomic E-state index is 12.0. The molecule has 1 unspecified atom stereocenters. The van der Waals surface area contributed by atoms with Crippen LogP contribution in [-0.2, 0) is 4.79 Å². The van der Waals surface area contributed by atoms with Crippen molar-refractivity contribution >= 4 is 22.6 Å². The van der Waals surface area contributed by atoms with E-state index in [4.69, 9.17) is 5.73 Å². The Balaban J connectivity index is 1.70. The average Bonchev–Trinajstić information content (AvgIpc) is 3.18. The third kappa shape index (κ3) is 3.05. The number of anilines is 1. The van der Waals surface area contributed by atoms with Crippen LogP contribution in [0.3, 0.4) is 0 Å². The summed E-state index contributed by atoms with van der Waals surface area (Å²) in [5.41, 5.74) is 7.50. The lowest BCUT2D eigenvalue weighted by molar-refractivity contribution is -0.116. The van der Waals surface area contributed by atoms with Crippen molar-refractivity contribution in [1.82, 2.24) is 14.8 Å². The van der Waals surface area contributed by atoms with Crippen LogP contribution in [0.15, 0.2) is 18.5 Å². The van der Waals surface area contributed by atoms with E-state index in [0.717, 1.165) is 23.9 Å². The van der Waals surface area contributed by atoms with Gasteiger partial charge in [0.2, 0.25) is 5.91 Å². The van der Waals surface area contributed by atoms with Crippen LogP contribution in [0.5, 0.6) is 0 Å². The zero-order valence-corrected chi connectivity index (χ0v) is 12.4. The van der Waals surface area contributed by atoms with Crippen LogP contribution in [0.25, 0.3) is 11.0 Å². The smallest absolute Gasteiger partial charge is 0.225 e. The van der Waals surface area contributed by atoms with Crippen molar-refractivity contribution in [2.75, 3.05) is 5.32 Å². The second kappa shape index (κ2) is 5.44. The van der Waals surface area contributed by atoms with Gasteiger partial charge >= 0.3 is 0 Å². The zero-order chi connectivity index (χ0) is 15.0. The summed E-state index contributed by atoms with van der Waals surface area (Å²) in [6.07, 6.45) is 6.11. The quantitative estimate of drug-likeness (QED) is 0.881. The molecule has 0 aliphatic heterocycles. The lowest BCUT2D eigenvalue weighted by Gasteiger charge is -2.10. The van der Waals surface area contributed by atoms with E-state index in [1.165, 1.54) is 0 Å². The number of nitrogens with zero attached hydrogens (tertiary/aromatic N) is 3. The number of rotatable bonds is 5. The van der Waals surface area contributed by atoms with Gasteiger partial charge in [0.1, 0.15) is 0 Å². The van der Waals surface area contributed by atoms with E-state index < -0.39 is 0 Å². The molecule has 1 saturated carbocycles. The average molecular weight is 287 g/mol. The molecule has 3 rings (SSSR count). The van der Waals surface area contributed by atoms with Crippen molar-refractivity contribution < 1.29 is 4.79 Å². The van der Waals surface area contributed by atoms with Gasteiger partial charge < -0.3 is 11.1 Å². The molecule has 6 heteroatoms. The van der Waals surface area contributed by atoms with Crippen molar-refractivity contribution in [3.63, 3.8) is 0 Å². The minimum Gasteiger partial charge on any atom is -0.327 e. The zero-order valence-electron chi connectivity index (χ0n) is 12.4. The maximum Gasteiger partial charge on any atom is 0.225 e. The highest BCUT2D eigenvalue weighted by Crippen LogP contribution is 2.32. The van der Waals surface area contributed by atoms with Crippen LogP contribution < -0.4 is 11.1 Å². The molecule has 0 saturated heterocycles. The summed E-state index contributed by atoms with van der Waals surface area (Å²) in [5.74, 6) is 0.479. The highest BCUT2D eigenvalue weighted by atomic mass is 16.1. The molecule has 6 nitrogen and oxygen atoms in total. The third-order valence-corrected chi connectivity index (χ3v) is 3.85. The number of amides is 1. The fourth-order valence-corrected chi connectivity index (χ4v) is 2.50. The standard InChI is InChI=1S/C15H21N5O/c1-9(2)20-15-11(7-18-20)5-12(8-17-15)19-14(21)6-13(16)10-3-4-10/h5,7-10,13H,3-4,6,16H2,1-2H3,(H,19,21). The highest BCUT2D eigenvalue weighted by molar-refractivity contribution is 5.93. The molecule has 0 aromatic carbocycles. The first-order valence-corrected chi connectivity index (χ1v) is 7.43. The summed E-state index contributed by atoms with van der Waals surface area (Å²) in [7, 11) is 0. The molecule has 0 bridgehead atoms. The predicted molar refractivity (Wildman–Crippen MR) is 81.9 cm³/mol. The van der Waals surface area contributed by atoms with E-state index in [2.05, 4.69) is 29.2 Å². The maximum absolute atomic E-state index is 12.0. The Hall–Kier alpha value is -1.95. The number of pyridine rings is 1. The summed E-state index contributed by atoms with van der Waals surface area (Å²) in [4.78, 5) is 16.4. The SMILES string of the molecule is CC(C)n1ncc2cc(NC(=O)CC(N)C3CC3)cnc21. The summed E-state index contributed by atoms with van der Waals surface area (Å²) in [6.45, 7) is 4.12.